The van der Waals surface area contributed by atoms with E-state index in [2.05, 4.69) is 0 Å². The van der Waals surface area contributed by atoms with Crippen LogP contribution in [0.25, 0.3) is 0 Å². The van der Waals surface area contributed by atoms with Gasteiger partial charge in [0.2, 0.25) is 0 Å². The van der Waals surface area contributed by atoms with Crippen LogP contribution in [-0.4, -0.2) is 0 Å². The standard InChI is InChI=1S/C10H9F3N2/c1-6-2-7(4-14)8(5-15)9(3-6)10(11,12)13/h2-3H,5,15H2,1H3. The first-order chi connectivity index (χ1) is 6.90. The molecule has 0 bridgehead atoms. The number of nitrogens with zero attached hydrogens (tertiary/aromatic N) is 1. The molecule has 2 N–H and O–H groups in total. The second-order valence-corrected chi connectivity index (χ2v) is 3.15. The van der Waals surface area contributed by atoms with Crippen LogP contribution < -0.4 is 5.73 Å². The maximum Gasteiger partial charge on any atom is 0.416 e. The van der Waals surface area contributed by atoms with Gasteiger partial charge in [0.1, 0.15) is 0 Å². The number of aryl methyl sites for hydroxylation is 1. The monoisotopic (exact) mass is 214 g/mol. The average Bonchev–Trinajstić information content (AvgIpc) is 2.15. The Bertz CT molecular complexity index is 416. The lowest BCUT2D eigenvalue weighted by Gasteiger charge is -2.13. The molecule has 0 aliphatic carbocycles. The van der Waals surface area contributed by atoms with Crippen molar-refractivity contribution in [1.82, 2.24) is 0 Å². The van der Waals surface area contributed by atoms with Gasteiger partial charge < -0.3 is 5.73 Å². The third kappa shape index (κ3) is 2.28. The molecule has 2 nitrogen and oxygen atoms in total. The zero-order valence-electron chi connectivity index (χ0n) is 8.02. The van der Waals surface area contributed by atoms with E-state index in [4.69, 9.17) is 11.0 Å². The number of rotatable bonds is 1. The van der Waals surface area contributed by atoms with Crippen LogP contribution in [0.3, 0.4) is 0 Å². The van der Waals surface area contributed by atoms with Crippen molar-refractivity contribution in [3.05, 3.63) is 34.4 Å². The fraction of sp³-hybridized carbons (Fsp3) is 0.300. The first-order valence-electron chi connectivity index (χ1n) is 4.21. The molecule has 15 heavy (non-hydrogen) atoms. The van der Waals surface area contributed by atoms with Gasteiger partial charge in [-0.25, -0.2) is 0 Å². The molecule has 0 saturated heterocycles. The molecule has 0 heterocycles. The Morgan fingerprint density at radius 2 is 2.00 bits per heavy atom. The molecule has 0 unspecified atom stereocenters. The van der Waals surface area contributed by atoms with Crippen molar-refractivity contribution in [2.75, 3.05) is 0 Å². The Labute approximate surface area is 85.1 Å². The van der Waals surface area contributed by atoms with Crippen molar-refractivity contribution < 1.29 is 13.2 Å². The molecule has 80 valence electrons. The van der Waals surface area contributed by atoms with E-state index >= 15 is 0 Å². The van der Waals surface area contributed by atoms with Crippen LogP contribution >= 0.6 is 0 Å². The van der Waals surface area contributed by atoms with Gasteiger partial charge in [-0.3, -0.25) is 0 Å². The van der Waals surface area contributed by atoms with Crippen molar-refractivity contribution in [1.29, 1.82) is 5.26 Å². The van der Waals surface area contributed by atoms with Crippen molar-refractivity contribution >= 4 is 0 Å². The summed E-state index contributed by atoms with van der Waals surface area (Å²) in [5.74, 6) is 0. The van der Waals surface area contributed by atoms with Gasteiger partial charge >= 0.3 is 6.18 Å². The molecule has 0 atom stereocenters. The minimum absolute atomic E-state index is 0.00942. The highest BCUT2D eigenvalue weighted by Gasteiger charge is 2.34. The predicted molar refractivity (Wildman–Crippen MR) is 48.8 cm³/mol. The molecule has 0 aliphatic heterocycles. The van der Waals surface area contributed by atoms with Gasteiger partial charge in [0.15, 0.2) is 0 Å². The normalized spacial score (nSPS) is 11.2. The highest BCUT2D eigenvalue weighted by atomic mass is 19.4. The van der Waals surface area contributed by atoms with Crippen molar-refractivity contribution in [3.63, 3.8) is 0 Å². The Balaban J connectivity index is 3.51. The highest BCUT2D eigenvalue weighted by Crippen LogP contribution is 2.33. The fourth-order valence-corrected chi connectivity index (χ4v) is 1.39. The van der Waals surface area contributed by atoms with Gasteiger partial charge in [0.25, 0.3) is 0 Å². The summed E-state index contributed by atoms with van der Waals surface area (Å²) in [5, 5.41) is 8.69. The van der Waals surface area contributed by atoms with E-state index in [1.165, 1.54) is 13.0 Å². The summed E-state index contributed by atoms with van der Waals surface area (Å²) in [7, 11) is 0. The van der Waals surface area contributed by atoms with E-state index in [1.54, 1.807) is 6.07 Å². The second-order valence-electron chi connectivity index (χ2n) is 3.15. The summed E-state index contributed by atoms with van der Waals surface area (Å²) >= 11 is 0. The lowest BCUT2D eigenvalue weighted by atomic mass is 9.98. The summed E-state index contributed by atoms with van der Waals surface area (Å²) in [6, 6.07) is 4.12. The molecule has 0 aromatic heterocycles. The topological polar surface area (TPSA) is 49.8 Å². The molecular formula is C10H9F3N2. The molecule has 0 amide bonds. The van der Waals surface area contributed by atoms with Gasteiger partial charge in [-0.1, -0.05) is 0 Å². The zero-order valence-corrected chi connectivity index (χ0v) is 8.02. The summed E-state index contributed by atoms with van der Waals surface area (Å²) in [4.78, 5) is 0. The van der Waals surface area contributed by atoms with E-state index < -0.39 is 11.7 Å². The maximum atomic E-state index is 12.6. The van der Waals surface area contributed by atoms with E-state index in [0.717, 1.165) is 6.07 Å². The van der Waals surface area contributed by atoms with Gasteiger partial charge in [-0.05, 0) is 30.2 Å². The number of hydrogen-bond donors (Lipinski definition) is 1. The van der Waals surface area contributed by atoms with Crippen LogP contribution in [0.15, 0.2) is 12.1 Å². The molecule has 1 aromatic carbocycles. The molecule has 0 spiro atoms. The highest BCUT2D eigenvalue weighted by molar-refractivity contribution is 5.46. The van der Waals surface area contributed by atoms with Gasteiger partial charge in [-0.2, -0.15) is 18.4 Å². The first-order valence-corrected chi connectivity index (χ1v) is 4.21. The number of alkyl halides is 3. The Morgan fingerprint density at radius 1 is 1.40 bits per heavy atom. The molecular weight excluding hydrogens is 205 g/mol. The first kappa shape index (κ1) is 11.5. The maximum absolute atomic E-state index is 12.6. The second kappa shape index (κ2) is 3.91. The quantitative estimate of drug-likeness (QED) is 0.780. The number of nitriles is 1. The Morgan fingerprint density at radius 3 is 2.40 bits per heavy atom. The summed E-state index contributed by atoms with van der Waals surface area (Å²) in [6.45, 7) is 1.22. The number of benzene rings is 1. The van der Waals surface area contributed by atoms with Crippen molar-refractivity contribution in [2.24, 2.45) is 5.73 Å². The molecule has 0 saturated carbocycles. The Hall–Kier alpha value is -1.54. The summed E-state index contributed by atoms with van der Waals surface area (Å²) in [5.41, 5.74) is 4.65. The smallest absolute Gasteiger partial charge is 0.326 e. The lowest BCUT2D eigenvalue weighted by molar-refractivity contribution is -0.138. The van der Waals surface area contributed by atoms with Crippen molar-refractivity contribution in [3.8, 4) is 6.07 Å². The third-order valence-corrected chi connectivity index (χ3v) is 2.02. The average molecular weight is 214 g/mol. The van der Waals surface area contributed by atoms with E-state index in [-0.39, 0.29) is 17.7 Å². The van der Waals surface area contributed by atoms with Crippen LogP contribution in [-0.2, 0) is 12.7 Å². The van der Waals surface area contributed by atoms with Crippen LogP contribution in [0.1, 0.15) is 22.3 Å². The van der Waals surface area contributed by atoms with E-state index in [9.17, 15) is 13.2 Å². The van der Waals surface area contributed by atoms with Gasteiger partial charge in [0.05, 0.1) is 17.2 Å². The van der Waals surface area contributed by atoms with Crippen LogP contribution in [0.5, 0.6) is 0 Å². The molecule has 1 rings (SSSR count). The number of hydrogen-bond acceptors (Lipinski definition) is 2. The molecule has 1 aromatic rings. The van der Waals surface area contributed by atoms with E-state index in [0.29, 0.717) is 5.56 Å². The number of halogens is 3. The molecule has 5 heteroatoms. The van der Waals surface area contributed by atoms with Gasteiger partial charge in [-0.15, -0.1) is 0 Å². The molecule has 0 radical (unpaired) electrons. The third-order valence-electron chi connectivity index (χ3n) is 2.02. The summed E-state index contributed by atoms with van der Waals surface area (Å²) in [6.07, 6.45) is -4.47. The minimum atomic E-state index is -4.47. The minimum Gasteiger partial charge on any atom is -0.326 e. The van der Waals surface area contributed by atoms with E-state index in [1.807, 2.05) is 0 Å². The Kier molecular flexibility index (Phi) is 3.01. The number of nitrogens with two attached hydrogens (primary N) is 1. The molecule has 0 fully saturated rings. The summed E-state index contributed by atoms with van der Waals surface area (Å²) < 4.78 is 37.7. The van der Waals surface area contributed by atoms with Crippen LogP contribution in [0.4, 0.5) is 13.2 Å². The van der Waals surface area contributed by atoms with Crippen molar-refractivity contribution in [2.45, 2.75) is 19.6 Å². The largest absolute Gasteiger partial charge is 0.416 e. The fourth-order valence-electron chi connectivity index (χ4n) is 1.39. The predicted octanol–water partition coefficient (Wildman–Crippen LogP) is 2.34. The van der Waals surface area contributed by atoms with Crippen LogP contribution in [0.2, 0.25) is 0 Å². The SMILES string of the molecule is Cc1cc(C#N)c(CN)c(C(F)(F)F)c1. The lowest BCUT2D eigenvalue weighted by Crippen LogP contribution is -2.14. The van der Waals surface area contributed by atoms with Gasteiger partial charge in [0, 0.05) is 6.54 Å². The van der Waals surface area contributed by atoms with Crippen LogP contribution in [0, 0.1) is 18.3 Å². The molecule has 0 aliphatic rings. The zero-order chi connectivity index (χ0) is 11.6.